The minimum Gasteiger partial charge on any atom is -0.506 e. The van der Waals surface area contributed by atoms with Crippen molar-refractivity contribution in [3.63, 3.8) is 0 Å². The molecule has 0 atom stereocenters. The Hall–Kier alpha value is -2.11. The van der Waals surface area contributed by atoms with E-state index in [1.807, 2.05) is 6.92 Å². The first kappa shape index (κ1) is 9.45. The lowest BCUT2D eigenvalue weighted by Crippen LogP contribution is -1.98. The van der Waals surface area contributed by atoms with Gasteiger partial charge in [-0.1, -0.05) is 0 Å². The lowest BCUT2D eigenvalue weighted by Gasteiger charge is -1.99. The Morgan fingerprint density at radius 2 is 2.27 bits per heavy atom. The number of aryl methyl sites for hydroxylation is 1. The van der Waals surface area contributed by atoms with Gasteiger partial charge in [0.15, 0.2) is 0 Å². The molecule has 0 bridgehead atoms. The van der Waals surface area contributed by atoms with E-state index in [0.29, 0.717) is 18.1 Å². The number of phenols is 1. The number of nitrogens with two attached hydrogens (primary N) is 1. The maximum atomic E-state index is 9.26. The van der Waals surface area contributed by atoms with Crippen LogP contribution in [0.5, 0.6) is 5.75 Å². The summed E-state index contributed by atoms with van der Waals surface area (Å²) in [6.07, 6.45) is 0. The van der Waals surface area contributed by atoms with Gasteiger partial charge in [-0.2, -0.15) is 4.80 Å². The van der Waals surface area contributed by atoms with Gasteiger partial charge < -0.3 is 10.8 Å². The zero-order chi connectivity index (χ0) is 10.8. The summed E-state index contributed by atoms with van der Waals surface area (Å²) in [4.78, 5) is 1.48. The van der Waals surface area contributed by atoms with Crippen LogP contribution in [0.4, 0.5) is 5.69 Å². The maximum Gasteiger partial charge on any atom is 0.204 e. The van der Waals surface area contributed by atoms with E-state index >= 15 is 0 Å². The number of anilines is 1. The van der Waals surface area contributed by atoms with Crippen molar-refractivity contribution in [3.05, 3.63) is 18.2 Å². The van der Waals surface area contributed by atoms with Crippen molar-refractivity contribution >= 4 is 5.69 Å². The first-order chi connectivity index (χ1) is 7.20. The first-order valence-electron chi connectivity index (χ1n) is 4.57. The zero-order valence-corrected chi connectivity index (χ0v) is 8.25. The summed E-state index contributed by atoms with van der Waals surface area (Å²) >= 11 is 0. The van der Waals surface area contributed by atoms with Crippen LogP contribution in [0, 0.1) is 0 Å². The van der Waals surface area contributed by atoms with Crippen molar-refractivity contribution < 1.29 is 5.11 Å². The van der Waals surface area contributed by atoms with E-state index in [1.54, 1.807) is 12.1 Å². The molecule has 6 heteroatoms. The van der Waals surface area contributed by atoms with Gasteiger partial charge >= 0.3 is 0 Å². The fraction of sp³-hybridized carbons (Fsp3) is 0.222. The van der Waals surface area contributed by atoms with Gasteiger partial charge in [-0.05, 0) is 30.3 Å². The van der Waals surface area contributed by atoms with E-state index in [4.69, 9.17) is 5.73 Å². The fourth-order valence-corrected chi connectivity index (χ4v) is 1.19. The van der Waals surface area contributed by atoms with E-state index in [2.05, 4.69) is 15.4 Å². The summed E-state index contributed by atoms with van der Waals surface area (Å²) in [6, 6.07) is 4.83. The van der Waals surface area contributed by atoms with Crippen molar-refractivity contribution in [3.8, 4) is 17.1 Å². The number of hydrogen-bond acceptors (Lipinski definition) is 5. The molecule has 15 heavy (non-hydrogen) atoms. The Morgan fingerprint density at radius 1 is 1.47 bits per heavy atom. The molecular formula is C9H11N5O. The SMILES string of the molecule is CCn1nnc(-c2ccc(O)c(N)c2)n1. The van der Waals surface area contributed by atoms with Gasteiger partial charge in [-0.25, -0.2) is 0 Å². The summed E-state index contributed by atoms with van der Waals surface area (Å²) < 4.78 is 0. The van der Waals surface area contributed by atoms with Crippen molar-refractivity contribution in [1.82, 2.24) is 20.2 Å². The molecular weight excluding hydrogens is 194 g/mol. The minimum absolute atomic E-state index is 0.0571. The molecule has 0 amide bonds. The van der Waals surface area contributed by atoms with E-state index in [1.165, 1.54) is 10.9 Å². The molecule has 1 aromatic heterocycles. The average Bonchev–Trinajstić information content (AvgIpc) is 2.70. The fourth-order valence-electron chi connectivity index (χ4n) is 1.19. The topological polar surface area (TPSA) is 89.8 Å². The number of aromatic nitrogens is 4. The predicted octanol–water partition coefficient (Wildman–Crippen LogP) is 0.648. The average molecular weight is 205 g/mol. The third-order valence-corrected chi connectivity index (χ3v) is 2.02. The first-order valence-corrected chi connectivity index (χ1v) is 4.57. The molecule has 0 saturated carbocycles. The van der Waals surface area contributed by atoms with Crippen LogP contribution in [-0.2, 0) is 6.54 Å². The summed E-state index contributed by atoms with van der Waals surface area (Å²) in [5.74, 6) is 0.560. The van der Waals surface area contributed by atoms with Crippen molar-refractivity contribution in [2.45, 2.75) is 13.5 Å². The van der Waals surface area contributed by atoms with Crippen LogP contribution in [0.25, 0.3) is 11.4 Å². The second-order valence-electron chi connectivity index (χ2n) is 3.08. The largest absolute Gasteiger partial charge is 0.506 e. The Balaban J connectivity index is 2.40. The molecule has 2 rings (SSSR count). The third kappa shape index (κ3) is 1.74. The Bertz CT molecular complexity index is 479. The summed E-state index contributed by atoms with van der Waals surface area (Å²) in [5, 5.41) is 21.1. The molecule has 6 nitrogen and oxygen atoms in total. The third-order valence-electron chi connectivity index (χ3n) is 2.02. The van der Waals surface area contributed by atoms with Gasteiger partial charge in [0.05, 0.1) is 12.2 Å². The van der Waals surface area contributed by atoms with Crippen LogP contribution in [0.15, 0.2) is 18.2 Å². The second-order valence-corrected chi connectivity index (χ2v) is 3.08. The summed E-state index contributed by atoms with van der Waals surface area (Å²) in [5.41, 5.74) is 6.61. The molecule has 1 aromatic carbocycles. The molecule has 0 fully saturated rings. The normalized spacial score (nSPS) is 10.5. The second kappa shape index (κ2) is 3.56. The number of nitrogen functional groups attached to an aromatic ring is 1. The smallest absolute Gasteiger partial charge is 0.204 e. The summed E-state index contributed by atoms with van der Waals surface area (Å²) in [7, 11) is 0. The highest BCUT2D eigenvalue weighted by Gasteiger charge is 2.06. The molecule has 2 aromatic rings. The summed E-state index contributed by atoms with van der Waals surface area (Å²) in [6.45, 7) is 2.59. The van der Waals surface area contributed by atoms with Crippen LogP contribution in [-0.4, -0.2) is 25.3 Å². The standard InChI is InChI=1S/C9H11N5O/c1-2-14-12-9(11-13-14)6-3-4-8(15)7(10)5-6/h3-5,15H,2,10H2,1H3. The van der Waals surface area contributed by atoms with Gasteiger partial charge in [0.25, 0.3) is 0 Å². The van der Waals surface area contributed by atoms with Crippen LogP contribution in [0.3, 0.4) is 0 Å². The van der Waals surface area contributed by atoms with E-state index in [9.17, 15) is 5.11 Å². The number of hydrogen-bond donors (Lipinski definition) is 2. The molecule has 3 N–H and O–H groups in total. The van der Waals surface area contributed by atoms with Gasteiger partial charge in [0.2, 0.25) is 5.82 Å². The van der Waals surface area contributed by atoms with E-state index < -0.39 is 0 Å². The molecule has 0 aliphatic carbocycles. The molecule has 0 aliphatic heterocycles. The van der Waals surface area contributed by atoms with E-state index in [0.717, 1.165) is 5.56 Å². The highest BCUT2D eigenvalue weighted by molar-refractivity contribution is 5.65. The van der Waals surface area contributed by atoms with Crippen molar-refractivity contribution in [2.75, 3.05) is 5.73 Å². The van der Waals surface area contributed by atoms with Crippen LogP contribution >= 0.6 is 0 Å². The maximum absolute atomic E-state index is 9.26. The van der Waals surface area contributed by atoms with Gasteiger partial charge in [0, 0.05) is 5.56 Å². The van der Waals surface area contributed by atoms with Crippen LogP contribution < -0.4 is 5.73 Å². The Labute approximate surface area is 86.3 Å². The van der Waals surface area contributed by atoms with Gasteiger partial charge in [0.1, 0.15) is 5.75 Å². The van der Waals surface area contributed by atoms with Gasteiger partial charge in [-0.3, -0.25) is 0 Å². The molecule has 0 radical (unpaired) electrons. The lowest BCUT2D eigenvalue weighted by atomic mass is 10.2. The minimum atomic E-state index is 0.0571. The number of nitrogens with zero attached hydrogens (tertiary/aromatic N) is 4. The number of phenolic OH excluding ortho intramolecular Hbond substituents is 1. The Morgan fingerprint density at radius 3 is 2.87 bits per heavy atom. The highest BCUT2D eigenvalue weighted by Crippen LogP contribution is 2.24. The lowest BCUT2D eigenvalue weighted by molar-refractivity contribution is 0.478. The quantitative estimate of drug-likeness (QED) is 0.555. The number of rotatable bonds is 2. The molecule has 0 spiro atoms. The molecule has 0 saturated heterocycles. The van der Waals surface area contributed by atoms with Crippen molar-refractivity contribution in [2.24, 2.45) is 0 Å². The molecule has 1 heterocycles. The molecule has 0 aliphatic rings. The van der Waals surface area contributed by atoms with Gasteiger partial charge in [-0.15, -0.1) is 10.2 Å². The number of aromatic hydroxyl groups is 1. The van der Waals surface area contributed by atoms with Crippen molar-refractivity contribution in [1.29, 1.82) is 0 Å². The van der Waals surface area contributed by atoms with E-state index in [-0.39, 0.29) is 5.75 Å². The molecule has 78 valence electrons. The Kier molecular flexibility index (Phi) is 2.24. The van der Waals surface area contributed by atoms with Crippen LogP contribution in [0.2, 0.25) is 0 Å². The monoisotopic (exact) mass is 205 g/mol. The number of tetrazole rings is 1. The zero-order valence-electron chi connectivity index (χ0n) is 8.25. The number of benzene rings is 1. The predicted molar refractivity (Wildman–Crippen MR) is 55.0 cm³/mol. The van der Waals surface area contributed by atoms with Crippen LogP contribution in [0.1, 0.15) is 6.92 Å². The highest BCUT2D eigenvalue weighted by atomic mass is 16.3. The molecule has 0 unspecified atom stereocenters.